The number of rotatable bonds is 13. The van der Waals surface area contributed by atoms with E-state index in [1.165, 1.54) is 0 Å². The number of halogens is 1. The lowest BCUT2D eigenvalue weighted by molar-refractivity contribution is -0.120. The molecule has 1 unspecified atom stereocenters. The van der Waals surface area contributed by atoms with Crippen LogP contribution < -0.4 is 5.32 Å². The highest BCUT2D eigenvalue weighted by Gasteiger charge is 2.34. The maximum atomic E-state index is 12.5. The SMILES string of the molecule is O=C(NC(CO)(CO)CO)c1sc(Cl)cc1S(=O)OC[C@@H](O)[C@@H](O)[C@H](O)[C@H](O)CO. The largest absolute Gasteiger partial charge is 0.394 e. The normalized spacial score (nSPS) is 17.2. The lowest BCUT2D eigenvalue weighted by Gasteiger charge is -2.28. The minimum absolute atomic E-state index is 0.0387. The van der Waals surface area contributed by atoms with Crippen LogP contribution in [0.5, 0.6) is 0 Å². The molecule has 0 saturated carbocycles. The quantitative estimate of drug-likeness (QED) is 0.130. The van der Waals surface area contributed by atoms with Crippen LogP contribution in [0.1, 0.15) is 9.67 Å². The summed E-state index contributed by atoms with van der Waals surface area (Å²) in [5.74, 6) is -0.918. The zero-order valence-corrected chi connectivity index (χ0v) is 17.8. The van der Waals surface area contributed by atoms with Crippen LogP contribution in [0.25, 0.3) is 0 Å². The van der Waals surface area contributed by atoms with Crippen LogP contribution in [0.2, 0.25) is 4.34 Å². The molecule has 1 amide bonds. The fourth-order valence-electron chi connectivity index (χ4n) is 2.05. The van der Waals surface area contributed by atoms with Crippen LogP contribution in [0.15, 0.2) is 11.0 Å². The predicted molar refractivity (Wildman–Crippen MR) is 104 cm³/mol. The second-order valence-corrected chi connectivity index (χ2v) is 9.10. The van der Waals surface area contributed by atoms with Crippen molar-refractivity contribution in [3.05, 3.63) is 15.3 Å². The van der Waals surface area contributed by atoms with Crippen LogP contribution in [-0.2, 0) is 15.3 Å². The second kappa shape index (κ2) is 12.3. The number of carbonyl (C=O) groups excluding carboxylic acids is 1. The van der Waals surface area contributed by atoms with E-state index in [1.807, 2.05) is 0 Å². The van der Waals surface area contributed by atoms with Crippen molar-refractivity contribution in [2.24, 2.45) is 0 Å². The third-order valence-corrected chi connectivity index (χ3v) is 6.43. The van der Waals surface area contributed by atoms with E-state index in [2.05, 4.69) is 5.32 Å². The lowest BCUT2D eigenvalue weighted by atomic mass is 10.0. The fourth-order valence-corrected chi connectivity index (χ4v) is 4.38. The number of carbonyl (C=O) groups is 1. The summed E-state index contributed by atoms with van der Waals surface area (Å²) < 4.78 is 17.4. The van der Waals surface area contributed by atoms with E-state index >= 15 is 0 Å². The van der Waals surface area contributed by atoms with Gasteiger partial charge in [-0.2, -0.15) is 0 Å². The van der Waals surface area contributed by atoms with E-state index in [4.69, 9.17) is 20.9 Å². The molecule has 5 atom stereocenters. The molecule has 15 heteroatoms. The zero-order valence-electron chi connectivity index (χ0n) is 15.4. The molecule has 1 aromatic heterocycles. The maximum Gasteiger partial charge on any atom is 0.263 e. The molecule has 0 radical (unpaired) electrons. The van der Waals surface area contributed by atoms with Gasteiger partial charge in [-0.15, -0.1) is 11.3 Å². The third-order valence-electron chi connectivity index (χ3n) is 4.01. The summed E-state index contributed by atoms with van der Waals surface area (Å²) in [5.41, 5.74) is -1.74. The van der Waals surface area contributed by atoms with E-state index < -0.39 is 80.0 Å². The molecule has 0 aromatic carbocycles. The Labute approximate surface area is 182 Å². The van der Waals surface area contributed by atoms with Gasteiger partial charge in [-0.1, -0.05) is 11.6 Å². The Balaban J connectivity index is 2.88. The van der Waals surface area contributed by atoms with Crippen molar-refractivity contribution in [2.75, 3.05) is 33.0 Å². The lowest BCUT2D eigenvalue weighted by Crippen LogP contribution is -2.57. The zero-order chi connectivity index (χ0) is 23.1. The summed E-state index contributed by atoms with van der Waals surface area (Å²) in [6, 6.07) is 1.14. The standard InChI is InChI=1S/C15H24ClNO11S2/c16-10-1-9(13(29-10)14(26)17-15(4-19,5-20)6-21)30(27)28-3-8(23)12(25)11(24)7(22)2-18/h1,7-8,11-12,18-25H,2-6H2,(H,17,26)/t7-,8-,11-,12-,30?/m1/s1. The van der Waals surface area contributed by atoms with Gasteiger partial charge < -0.3 is 46.2 Å². The first-order chi connectivity index (χ1) is 14.1. The number of thiophene rings is 1. The van der Waals surface area contributed by atoms with Gasteiger partial charge in [0.2, 0.25) is 0 Å². The Morgan fingerprint density at radius 2 is 1.63 bits per heavy atom. The van der Waals surface area contributed by atoms with Crippen molar-refractivity contribution < 1.29 is 54.0 Å². The third kappa shape index (κ3) is 6.88. The number of aliphatic hydroxyl groups excluding tert-OH is 8. The first-order valence-corrected chi connectivity index (χ1v) is 10.6. The number of aliphatic hydroxyl groups is 8. The number of amides is 1. The monoisotopic (exact) mass is 493 g/mol. The van der Waals surface area contributed by atoms with Gasteiger partial charge >= 0.3 is 0 Å². The maximum absolute atomic E-state index is 12.5. The molecular formula is C15H24ClNO11S2. The van der Waals surface area contributed by atoms with Crippen LogP contribution in [0, 0.1) is 0 Å². The number of nitrogens with one attached hydrogen (secondary N) is 1. The van der Waals surface area contributed by atoms with E-state index in [0.29, 0.717) is 11.3 Å². The smallest absolute Gasteiger partial charge is 0.263 e. The predicted octanol–water partition coefficient (Wildman–Crippen LogP) is -3.68. The molecule has 9 N–H and O–H groups in total. The van der Waals surface area contributed by atoms with Crippen molar-refractivity contribution in [3.8, 4) is 0 Å². The van der Waals surface area contributed by atoms with Crippen molar-refractivity contribution >= 4 is 39.9 Å². The second-order valence-electron chi connectivity index (χ2n) is 6.27. The van der Waals surface area contributed by atoms with Crippen molar-refractivity contribution in [3.63, 3.8) is 0 Å². The molecule has 1 heterocycles. The number of hydrogen-bond acceptors (Lipinski definition) is 12. The van der Waals surface area contributed by atoms with E-state index in [0.717, 1.165) is 6.07 Å². The molecule has 0 fully saturated rings. The van der Waals surface area contributed by atoms with Gasteiger partial charge in [0.25, 0.3) is 5.91 Å². The first-order valence-electron chi connectivity index (χ1n) is 8.38. The number of hydrogen-bond donors (Lipinski definition) is 9. The molecule has 0 aliphatic carbocycles. The average molecular weight is 494 g/mol. The van der Waals surface area contributed by atoms with Gasteiger partial charge in [0.1, 0.15) is 34.8 Å². The average Bonchev–Trinajstić information content (AvgIpc) is 3.15. The van der Waals surface area contributed by atoms with Gasteiger partial charge in [0.05, 0.1) is 42.3 Å². The molecule has 1 rings (SSSR count). The first kappa shape index (κ1) is 27.3. The minimum Gasteiger partial charge on any atom is -0.394 e. The molecular weight excluding hydrogens is 470 g/mol. The highest BCUT2D eigenvalue weighted by atomic mass is 35.5. The van der Waals surface area contributed by atoms with Crippen LogP contribution in [0.3, 0.4) is 0 Å². The van der Waals surface area contributed by atoms with Crippen LogP contribution in [-0.4, -0.2) is 114 Å². The van der Waals surface area contributed by atoms with Crippen molar-refractivity contribution in [1.82, 2.24) is 5.32 Å². The summed E-state index contributed by atoms with van der Waals surface area (Å²) in [6.07, 6.45) is -7.36. The molecule has 1 aromatic rings. The Bertz CT molecular complexity index is 706. The molecule has 174 valence electrons. The van der Waals surface area contributed by atoms with E-state index in [-0.39, 0.29) is 14.1 Å². The van der Waals surface area contributed by atoms with Gasteiger partial charge in [-0.25, -0.2) is 4.21 Å². The fraction of sp³-hybridized carbons (Fsp3) is 0.667. The summed E-state index contributed by atoms with van der Waals surface area (Å²) in [6.45, 7) is -4.02. The molecule has 0 aliphatic heterocycles. The molecule has 0 aliphatic rings. The van der Waals surface area contributed by atoms with Gasteiger partial charge in [-0.3, -0.25) is 8.98 Å². The molecule has 12 nitrogen and oxygen atoms in total. The van der Waals surface area contributed by atoms with Crippen molar-refractivity contribution in [2.45, 2.75) is 34.9 Å². The molecule has 0 spiro atoms. The topological polar surface area (TPSA) is 217 Å². The molecule has 0 bridgehead atoms. The van der Waals surface area contributed by atoms with Crippen LogP contribution in [0.4, 0.5) is 0 Å². The molecule has 0 saturated heterocycles. The van der Waals surface area contributed by atoms with Gasteiger partial charge in [0, 0.05) is 0 Å². The summed E-state index contributed by atoms with van der Waals surface area (Å²) in [5, 5.41) is 77.2. The Hall–Kier alpha value is -0.750. The highest BCUT2D eigenvalue weighted by molar-refractivity contribution is 7.80. The Morgan fingerprint density at radius 3 is 2.13 bits per heavy atom. The van der Waals surface area contributed by atoms with Crippen molar-refractivity contribution in [1.29, 1.82) is 0 Å². The Morgan fingerprint density at radius 1 is 1.10 bits per heavy atom. The summed E-state index contributed by atoms with van der Waals surface area (Å²) in [7, 11) is 0. The van der Waals surface area contributed by atoms with Crippen LogP contribution >= 0.6 is 22.9 Å². The van der Waals surface area contributed by atoms with Gasteiger partial charge in [-0.05, 0) is 6.07 Å². The highest BCUT2D eigenvalue weighted by Crippen LogP contribution is 2.30. The van der Waals surface area contributed by atoms with E-state index in [1.54, 1.807) is 0 Å². The summed E-state index contributed by atoms with van der Waals surface area (Å²) >= 11 is 4.18. The minimum atomic E-state index is -2.38. The van der Waals surface area contributed by atoms with Gasteiger partial charge in [0.15, 0.2) is 11.1 Å². The van der Waals surface area contributed by atoms with E-state index in [9.17, 15) is 44.7 Å². The molecule has 30 heavy (non-hydrogen) atoms. The summed E-state index contributed by atoms with van der Waals surface area (Å²) in [4.78, 5) is 12.0. The Kier molecular flexibility index (Phi) is 11.2.